The van der Waals surface area contributed by atoms with Crippen LogP contribution in [0.2, 0.25) is 5.02 Å². The molecule has 10 nitrogen and oxygen atoms in total. The van der Waals surface area contributed by atoms with Gasteiger partial charge in [0.2, 0.25) is 0 Å². The van der Waals surface area contributed by atoms with Crippen LogP contribution in [0.4, 0.5) is 4.39 Å². The third-order valence-corrected chi connectivity index (χ3v) is 9.02. The van der Waals surface area contributed by atoms with Gasteiger partial charge in [0.25, 0.3) is 11.8 Å². The maximum absolute atomic E-state index is 14.4. The number of nitrogens with zero attached hydrogens (tertiary/aromatic N) is 1. The highest BCUT2D eigenvalue weighted by Crippen LogP contribution is 2.58. The van der Waals surface area contributed by atoms with Crippen molar-refractivity contribution in [1.29, 1.82) is 0 Å². The van der Waals surface area contributed by atoms with E-state index < -0.39 is 47.4 Å². The molecule has 5 unspecified atom stereocenters. The number of imide groups is 1. The van der Waals surface area contributed by atoms with E-state index in [2.05, 4.69) is 5.32 Å². The molecular formula is C30H34ClFN2O8. The van der Waals surface area contributed by atoms with E-state index in [9.17, 15) is 33.8 Å². The molecule has 2 aromatic carbocycles. The molecule has 1 saturated heterocycles. The summed E-state index contributed by atoms with van der Waals surface area (Å²) in [6, 6.07) is 10.8. The highest BCUT2D eigenvalue weighted by atomic mass is 35.5. The van der Waals surface area contributed by atoms with Gasteiger partial charge in [-0.05, 0) is 37.1 Å². The van der Waals surface area contributed by atoms with E-state index in [0.29, 0.717) is 16.7 Å². The number of halogens is 2. The van der Waals surface area contributed by atoms with Crippen LogP contribution < -0.4 is 5.32 Å². The number of hydrogen-bond donors (Lipinski definition) is 3. The number of carboxylic acids is 2. The van der Waals surface area contributed by atoms with Gasteiger partial charge in [-0.2, -0.15) is 0 Å². The molecule has 42 heavy (non-hydrogen) atoms. The standard InChI is InChI=1S/C30H34ClFN2O8/c1-3-30(28(39)40)23(33-22(16-32)29(2,27(37)38)24(30)20-10-6-7-11-21(20)31)17-42-15-14-41-13-12-34-25(35)18-8-4-5-9-19(18)26(34)36/h4-11,22-24,33H,3,12-17H2,1-2H3,(H,37,38)(H,39,40). The molecule has 1 fully saturated rings. The Bertz CT molecular complexity index is 1320. The molecule has 0 spiro atoms. The Morgan fingerprint density at radius 1 is 0.952 bits per heavy atom. The van der Waals surface area contributed by atoms with Gasteiger partial charge in [0.05, 0.1) is 61.0 Å². The van der Waals surface area contributed by atoms with Crippen LogP contribution >= 0.6 is 11.6 Å². The summed E-state index contributed by atoms with van der Waals surface area (Å²) in [6.45, 7) is 2.01. The van der Waals surface area contributed by atoms with Crippen molar-refractivity contribution in [2.45, 2.75) is 38.3 Å². The molecule has 0 radical (unpaired) electrons. The van der Waals surface area contributed by atoms with E-state index >= 15 is 0 Å². The number of nitrogens with one attached hydrogen (secondary N) is 1. The molecule has 12 heteroatoms. The number of aliphatic carboxylic acids is 2. The van der Waals surface area contributed by atoms with Gasteiger partial charge in [-0.1, -0.05) is 48.9 Å². The van der Waals surface area contributed by atoms with Crippen LogP contribution in [0.15, 0.2) is 48.5 Å². The first-order valence-corrected chi connectivity index (χ1v) is 14.1. The first-order valence-electron chi connectivity index (χ1n) is 13.7. The quantitative estimate of drug-likeness (QED) is 0.231. The molecule has 2 heterocycles. The van der Waals surface area contributed by atoms with Crippen molar-refractivity contribution in [2.75, 3.05) is 39.6 Å². The van der Waals surface area contributed by atoms with Crippen molar-refractivity contribution in [3.05, 3.63) is 70.2 Å². The molecule has 2 aliphatic heterocycles. The SMILES string of the molecule is CCC1(C(=O)O)C(COCCOCCN2C(=O)c3ccccc3C2=O)NC(CF)C(C)(C(=O)O)C1c1ccccc1Cl. The molecule has 0 aromatic heterocycles. The van der Waals surface area contributed by atoms with E-state index in [-0.39, 0.29) is 56.2 Å². The normalized spacial score (nSPS) is 27.2. The predicted molar refractivity (Wildman–Crippen MR) is 150 cm³/mol. The molecule has 2 aliphatic rings. The fraction of sp³-hybridized carbons (Fsp3) is 0.467. The molecule has 0 saturated carbocycles. The number of piperidine rings is 1. The Labute approximate surface area is 247 Å². The number of fused-ring (bicyclic) bond motifs is 1. The molecule has 2 aromatic rings. The maximum Gasteiger partial charge on any atom is 0.311 e. The molecule has 2 amide bonds. The summed E-state index contributed by atoms with van der Waals surface area (Å²) in [5.74, 6) is -4.55. The van der Waals surface area contributed by atoms with Crippen LogP contribution in [0.5, 0.6) is 0 Å². The molecular weight excluding hydrogens is 571 g/mol. The highest BCUT2D eigenvalue weighted by molar-refractivity contribution is 6.31. The molecule has 5 atom stereocenters. The van der Waals surface area contributed by atoms with Crippen molar-refractivity contribution in [3.63, 3.8) is 0 Å². The van der Waals surface area contributed by atoms with Crippen LogP contribution in [0.1, 0.15) is 52.5 Å². The Hall–Kier alpha value is -3.38. The second-order valence-corrected chi connectivity index (χ2v) is 11.1. The Morgan fingerprint density at radius 2 is 1.55 bits per heavy atom. The number of benzene rings is 2. The van der Waals surface area contributed by atoms with Gasteiger partial charge >= 0.3 is 11.9 Å². The topological polar surface area (TPSA) is 142 Å². The van der Waals surface area contributed by atoms with E-state index in [0.717, 1.165) is 4.90 Å². The number of carboxylic acid groups (broad SMARTS) is 2. The fourth-order valence-corrected chi connectivity index (χ4v) is 6.62. The second-order valence-electron chi connectivity index (χ2n) is 10.7. The Morgan fingerprint density at radius 3 is 2.10 bits per heavy atom. The van der Waals surface area contributed by atoms with Crippen molar-refractivity contribution in [2.24, 2.45) is 10.8 Å². The first-order chi connectivity index (χ1) is 20.0. The van der Waals surface area contributed by atoms with Crippen molar-refractivity contribution in [1.82, 2.24) is 10.2 Å². The average molecular weight is 605 g/mol. The highest BCUT2D eigenvalue weighted by Gasteiger charge is 2.66. The second kappa shape index (κ2) is 12.9. The summed E-state index contributed by atoms with van der Waals surface area (Å²) in [5.41, 5.74) is -2.54. The summed E-state index contributed by atoms with van der Waals surface area (Å²) in [6.07, 6.45) is 0.0118. The minimum absolute atomic E-state index is 0.0118. The van der Waals surface area contributed by atoms with Gasteiger partial charge in [-0.3, -0.25) is 24.1 Å². The third-order valence-electron chi connectivity index (χ3n) is 8.67. The summed E-state index contributed by atoms with van der Waals surface area (Å²) >= 11 is 6.49. The fourth-order valence-electron chi connectivity index (χ4n) is 6.38. The van der Waals surface area contributed by atoms with E-state index in [4.69, 9.17) is 21.1 Å². The maximum atomic E-state index is 14.4. The van der Waals surface area contributed by atoms with Crippen LogP contribution in [0.25, 0.3) is 0 Å². The van der Waals surface area contributed by atoms with Gasteiger partial charge in [-0.25, -0.2) is 4.39 Å². The van der Waals surface area contributed by atoms with E-state index in [1.807, 2.05) is 0 Å². The number of carbonyl (C=O) groups excluding carboxylic acids is 2. The van der Waals surface area contributed by atoms with E-state index in [1.165, 1.54) is 6.92 Å². The number of amides is 2. The van der Waals surface area contributed by atoms with Gasteiger partial charge < -0.3 is 25.0 Å². The Balaban J connectivity index is 1.44. The average Bonchev–Trinajstić information content (AvgIpc) is 3.21. The molecule has 3 N–H and O–H groups in total. The van der Waals surface area contributed by atoms with Crippen LogP contribution in [0.3, 0.4) is 0 Å². The molecule has 4 rings (SSSR count). The zero-order chi connectivity index (χ0) is 30.7. The van der Waals surface area contributed by atoms with Gasteiger partial charge in [0, 0.05) is 17.0 Å². The van der Waals surface area contributed by atoms with Crippen molar-refractivity contribution in [3.8, 4) is 0 Å². The first kappa shape index (κ1) is 31.6. The lowest BCUT2D eigenvalue weighted by Crippen LogP contribution is -2.71. The van der Waals surface area contributed by atoms with Crippen LogP contribution in [-0.2, 0) is 19.1 Å². The number of ether oxygens (including phenoxy) is 2. The summed E-state index contributed by atoms with van der Waals surface area (Å²) in [7, 11) is 0. The summed E-state index contributed by atoms with van der Waals surface area (Å²) in [4.78, 5) is 51.8. The number of alkyl halides is 1. The van der Waals surface area contributed by atoms with E-state index in [1.54, 1.807) is 55.5 Å². The zero-order valence-corrected chi connectivity index (χ0v) is 24.1. The summed E-state index contributed by atoms with van der Waals surface area (Å²) in [5, 5.41) is 24.1. The molecule has 0 aliphatic carbocycles. The van der Waals surface area contributed by atoms with Gasteiger partial charge in [0.15, 0.2) is 0 Å². The minimum atomic E-state index is -1.85. The van der Waals surface area contributed by atoms with Gasteiger partial charge in [0.1, 0.15) is 6.67 Å². The zero-order valence-electron chi connectivity index (χ0n) is 23.3. The molecule has 226 valence electrons. The molecule has 0 bridgehead atoms. The lowest BCUT2D eigenvalue weighted by Gasteiger charge is -2.56. The smallest absolute Gasteiger partial charge is 0.311 e. The predicted octanol–water partition coefficient (Wildman–Crippen LogP) is 3.63. The Kier molecular flexibility index (Phi) is 9.67. The third kappa shape index (κ3) is 5.30. The van der Waals surface area contributed by atoms with Crippen molar-refractivity contribution >= 4 is 35.4 Å². The lowest BCUT2D eigenvalue weighted by atomic mass is 9.51. The lowest BCUT2D eigenvalue weighted by molar-refractivity contribution is -0.175. The van der Waals surface area contributed by atoms with Crippen LogP contribution in [-0.4, -0.2) is 90.6 Å². The van der Waals surface area contributed by atoms with Gasteiger partial charge in [-0.15, -0.1) is 0 Å². The number of rotatable bonds is 13. The largest absolute Gasteiger partial charge is 0.481 e. The number of hydrogen-bond acceptors (Lipinski definition) is 7. The minimum Gasteiger partial charge on any atom is -0.481 e. The summed E-state index contributed by atoms with van der Waals surface area (Å²) < 4.78 is 25.8. The monoisotopic (exact) mass is 604 g/mol. The van der Waals surface area contributed by atoms with Crippen LogP contribution in [0, 0.1) is 10.8 Å². The van der Waals surface area contributed by atoms with Crippen molar-refractivity contribution < 1.29 is 43.3 Å². The number of carbonyl (C=O) groups is 4.